The highest BCUT2D eigenvalue weighted by Gasteiger charge is 2.13. The van der Waals surface area contributed by atoms with E-state index in [4.69, 9.17) is 5.73 Å². The molecule has 2 rings (SSSR count). The minimum Gasteiger partial charge on any atom is -0.383 e. The lowest BCUT2D eigenvalue weighted by Crippen LogP contribution is -2.06. The molecule has 2 N–H and O–H groups in total. The predicted octanol–water partition coefficient (Wildman–Crippen LogP) is 2.12. The van der Waals surface area contributed by atoms with Crippen molar-refractivity contribution in [3.63, 3.8) is 0 Å². The Morgan fingerprint density at radius 2 is 1.94 bits per heavy atom. The molecule has 0 aliphatic carbocycles. The summed E-state index contributed by atoms with van der Waals surface area (Å²) in [6, 6.07) is 0.318. The lowest BCUT2D eigenvalue weighted by Gasteiger charge is -2.12. The summed E-state index contributed by atoms with van der Waals surface area (Å²) in [5, 5.41) is 0. The van der Waals surface area contributed by atoms with Crippen molar-refractivity contribution in [2.45, 2.75) is 33.7 Å². The van der Waals surface area contributed by atoms with Crippen LogP contribution in [0.15, 0.2) is 12.5 Å². The molecule has 17 heavy (non-hydrogen) atoms. The molecule has 2 aromatic rings. The second-order valence-electron chi connectivity index (χ2n) is 4.42. The van der Waals surface area contributed by atoms with Crippen LogP contribution >= 0.6 is 0 Å². The smallest absolute Gasteiger partial charge is 0.180 e. The lowest BCUT2D eigenvalue weighted by atomic mass is 10.2. The summed E-state index contributed by atoms with van der Waals surface area (Å²) in [5.74, 6) is 1.17. The van der Waals surface area contributed by atoms with Crippen molar-refractivity contribution in [3.05, 3.63) is 23.8 Å². The quantitative estimate of drug-likeness (QED) is 0.859. The average Bonchev–Trinajstić information content (AvgIpc) is 2.74. The topological polar surface area (TPSA) is 69.6 Å². The molecule has 5 nitrogen and oxygen atoms in total. The maximum Gasteiger partial charge on any atom is 0.180 e. The molecule has 0 aliphatic heterocycles. The zero-order valence-corrected chi connectivity index (χ0v) is 10.6. The minimum atomic E-state index is 0.318. The molecular formula is C12H17N5. The van der Waals surface area contributed by atoms with E-state index in [-0.39, 0.29) is 0 Å². The van der Waals surface area contributed by atoms with Gasteiger partial charge in [0.15, 0.2) is 5.82 Å². The summed E-state index contributed by atoms with van der Waals surface area (Å²) < 4.78 is 2.03. The number of hydrogen-bond acceptors (Lipinski definition) is 4. The molecule has 0 aliphatic rings. The van der Waals surface area contributed by atoms with Gasteiger partial charge in [0.05, 0.1) is 12.5 Å². The molecule has 90 valence electrons. The Bertz CT molecular complexity index is 519. The molecule has 0 spiro atoms. The third-order valence-corrected chi connectivity index (χ3v) is 2.88. The van der Waals surface area contributed by atoms with E-state index in [9.17, 15) is 0 Å². The second kappa shape index (κ2) is 4.16. The van der Waals surface area contributed by atoms with E-state index in [2.05, 4.69) is 28.8 Å². The van der Waals surface area contributed by atoms with Crippen LogP contribution in [0.25, 0.3) is 11.5 Å². The number of aromatic nitrogens is 4. The highest BCUT2D eigenvalue weighted by atomic mass is 15.1. The van der Waals surface area contributed by atoms with E-state index in [1.807, 2.05) is 18.4 Å². The van der Waals surface area contributed by atoms with Crippen molar-refractivity contribution in [1.82, 2.24) is 19.5 Å². The summed E-state index contributed by atoms with van der Waals surface area (Å²) in [6.07, 6.45) is 3.55. The third kappa shape index (κ3) is 2.00. The molecule has 0 fully saturated rings. The molecule has 0 atom stereocenters. The van der Waals surface area contributed by atoms with E-state index < -0.39 is 0 Å². The van der Waals surface area contributed by atoms with Crippen LogP contribution in [0.1, 0.15) is 31.1 Å². The normalized spacial score (nSPS) is 11.1. The van der Waals surface area contributed by atoms with Crippen LogP contribution in [0.3, 0.4) is 0 Å². The lowest BCUT2D eigenvalue weighted by molar-refractivity contribution is 0.603. The van der Waals surface area contributed by atoms with Gasteiger partial charge >= 0.3 is 0 Å². The molecule has 2 heterocycles. The van der Waals surface area contributed by atoms with E-state index in [1.54, 1.807) is 12.5 Å². The summed E-state index contributed by atoms with van der Waals surface area (Å²) in [6.45, 7) is 8.05. The number of hydrogen-bond donors (Lipinski definition) is 1. The SMILES string of the molecule is Cc1nc(-c2cncn2C(C)C)nc(N)c1C. The van der Waals surface area contributed by atoms with Gasteiger partial charge in [-0.25, -0.2) is 15.0 Å². The number of nitrogen functional groups attached to an aromatic ring is 1. The van der Waals surface area contributed by atoms with Gasteiger partial charge in [-0.05, 0) is 27.7 Å². The number of aryl methyl sites for hydroxylation is 1. The van der Waals surface area contributed by atoms with Crippen molar-refractivity contribution in [2.24, 2.45) is 0 Å². The van der Waals surface area contributed by atoms with Gasteiger partial charge in [-0.3, -0.25) is 0 Å². The zero-order valence-electron chi connectivity index (χ0n) is 10.6. The Morgan fingerprint density at radius 3 is 2.53 bits per heavy atom. The van der Waals surface area contributed by atoms with E-state index in [0.29, 0.717) is 17.7 Å². The molecule has 0 saturated heterocycles. The monoisotopic (exact) mass is 231 g/mol. The molecule has 0 saturated carbocycles. The second-order valence-corrected chi connectivity index (χ2v) is 4.42. The first kappa shape index (κ1) is 11.6. The van der Waals surface area contributed by atoms with Gasteiger partial charge in [-0.2, -0.15) is 0 Å². The Morgan fingerprint density at radius 1 is 1.24 bits per heavy atom. The van der Waals surface area contributed by atoms with Crippen LogP contribution in [0.4, 0.5) is 5.82 Å². The number of nitrogens with two attached hydrogens (primary N) is 1. The summed E-state index contributed by atoms with van der Waals surface area (Å²) in [4.78, 5) is 12.9. The summed E-state index contributed by atoms with van der Waals surface area (Å²) in [7, 11) is 0. The number of rotatable bonds is 2. The van der Waals surface area contributed by atoms with Crippen LogP contribution < -0.4 is 5.73 Å². The highest BCUT2D eigenvalue weighted by molar-refractivity contribution is 5.54. The van der Waals surface area contributed by atoms with Crippen molar-refractivity contribution in [2.75, 3.05) is 5.73 Å². The van der Waals surface area contributed by atoms with E-state index in [1.165, 1.54) is 0 Å². The van der Waals surface area contributed by atoms with Gasteiger partial charge in [0.25, 0.3) is 0 Å². The Hall–Kier alpha value is -1.91. The summed E-state index contributed by atoms with van der Waals surface area (Å²) >= 11 is 0. The summed E-state index contributed by atoms with van der Waals surface area (Å²) in [5.41, 5.74) is 8.61. The standard InChI is InChI=1S/C12H17N5/c1-7(2)17-6-14-5-10(17)12-15-9(4)8(3)11(13)16-12/h5-7H,1-4H3,(H2,13,15,16). The van der Waals surface area contributed by atoms with Crippen LogP contribution in [0, 0.1) is 13.8 Å². The first-order chi connectivity index (χ1) is 8.00. The Balaban J connectivity index is 2.57. The molecule has 0 bridgehead atoms. The fourth-order valence-corrected chi connectivity index (χ4v) is 1.65. The highest BCUT2D eigenvalue weighted by Crippen LogP contribution is 2.21. The van der Waals surface area contributed by atoms with Gasteiger partial charge in [0, 0.05) is 17.3 Å². The average molecular weight is 231 g/mol. The van der Waals surface area contributed by atoms with Crippen LogP contribution in [0.2, 0.25) is 0 Å². The van der Waals surface area contributed by atoms with Crippen LogP contribution in [0.5, 0.6) is 0 Å². The fraction of sp³-hybridized carbons (Fsp3) is 0.417. The van der Waals surface area contributed by atoms with Gasteiger partial charge in [0.2, 0.25) is 0 Å². The van der Waals surface area contributed by atoms with Crippen LogP contribution in [-0.4, -0.2) is 19.5 Å². The third-order valence-electron chi connectivity index (χ3n) is 2.88. The first-order valence-electron chi connectivity index (χ1n) is 5.63. The van der Waals surface area contributed by atoms with Crippen LogP contribution in [-0.2, 0) is 0 Å². The predicted molar refractivity (Wildman–Crippen MR) is 67.5 cm³/mol. The Kier molecular flexibility index (Phi) is 2.83. The first-order valence-corrected chi connectivity index (χ1v) is 5.63. The number of imidazole rings is 1. The largest absolute Gasteiger partial charge is 0.383 e. The van der Waals surface area contributed by atoms with Crippen molar-refractivity contribution < 1.29 is 0 Å². The van der Waals surface area contributed by atoms with E-state index in [0.717, 1.165) is 17.0 Å². The van der Waals surface area contributed by atoms with Crippen molar-refractivity contribution in [3.8, 4) is 11.5 Å². The van der Waals surface area contributed by atoms with Gasteiger partial charge in [-0.1, -0.05) is 0 Å². The molecular weight excluding hydrogens is 214 g/mol. The van der Waals surface area contributed by atoms with Gasteiger partial charge in [0.1, 0.15) is 11.5 Å². The molecule has 5 heteroatoms. The fourth-order valence-electron chi connectivity index (χ4n) is 1.65. The minimum absolute atomic E-state index is 0.318. The number of nitrogens with zero attached hydrogens (tertiary/aromatic N) is 4. The van der Waals surface area contributed by atoms with Gasteiger partial charge in [-0.15, -0.1) is 0 Å². The maximum absolute atomic E-state index is 5.87. The maximum atomic E-state index is 5.87. The van der Waals surface area contributed by atoms with Crippen molar-refractivity contribution >= 4 is 5.82 Å². The zero-order chi connectivity index (χ0) is 12.6. The molecule has 0 unspecified atom stereocenters. The van der Waals surface area contributed by atoms with E-state index >= 15 is 0 Å². The molecule has 0 aromatic carbocycles. The molecule has 0 amide bonds. The molecule has 2 aromatic heterocycles. The molecule has 0 radical (unpaired) electrons. The Labute approximate surface area is 101 Å². The van der Waals surface area contributed by atoms with Gasteiger partial charge < -0.3 is 10.3 Å². The number of anilines is 1. The van der Waals surface area contributed by atoms with Crippen molar-refractivity contribution in [1.29, 1.82) is 0 Å².